The molecule has 3 aromatic rings. The number of nitro groups is 1. The van der Waals surface area contributed by atoms with E-state index in [0.717, 1.165) is 0 Å². The summed E-state index contributed by atoms with van der Waals surface area (Å²) < 4.78 is 10.8. The van der Waals surface area contributed by atoms with Crippen molar-refractivity contribution in [3.63, 3.8) is 0 Å². The number of esters is 1. The molecular weight excluding hydrogens is 348 g/mol. The van der Waals surface area contributed by atoms with E-state index in [1.807, 2.05) is 6.07 Å². The third kappa shape index (κ3) is 5.23. The molecule has 0 aliphatic heterocycles. The summed E-state index contributed by atoms with van der Waals surface area (Å²) in [5.41, 5.74) is 0.638. The SMILES string of the molecule is O=C(/C=C/c1ccc([N+](=O)[O-])cc1)Oc1ccc(Oc2ccccn2)cc1. The van der Waals surface area contributed by atoms with Crippen LogP contribution in [0.2, 0.25) is 0 Å². The molecule has 2 aromatic carbocycles. The highest BCUT2D eigenvalue weighted by molar-refractivity contribution is 5.88. The molecule has 0 aliphatic rings. The second-order valence-corrected chi connectivity index (χ2v) is 5.34. The molecule has 0 bridgehead atoms. The Balaban J connectivity index is 1.56. The lowest BCUT2D eigenvalue weighted by Gasteiger charge is -2.05. The number of non-ortho nitro benzene ring substituents is 1. The zero-order chi connectivity index (χ0) is 19.1. The Hall–Kier alpha value is -4.00. The van der Waals surface area contributed by atoms with Gasteiger partial charge in [0.05, 0.1) is 4.92 Å². The van der Waals surface area contributed by atoms with Gasteiger partial charge in [0, 0.05) is 30.5 Å². The largest absolute Gasteiger partial charge is 0.439 e. The molecule has 0 unspecified atom stereocenters. The fraction of sp³-hybridized carbons (Fsp3) is 0. The summed E-state index contributed by atoms with van der Waals surface area (Å²) in [5, 5.41) is 10.6. The highest BCUT2D eigenvalue weighted by Gasteiger charge is 2.04. The number of nitrogens with zero attached hydrogens (tertiary/aromatic N) is 2. The van der Waals surface area contributed by atoms with Crippen LogP contribution >= 0.6 is 0 Å². The number of nitro benzene ring substituents is 1. The van der Waals surface area contributed by atoms with E-state index in [2.05, 4.69) is 4.98 Å². The standard InChI is InChI=1S/C20H14N2O5/c23-20(13-6-15-4-7-16(8-5-15)22(24)25)27-18-11-9-17(10-12-18)26-19-3-1-2-14-21-19/h1-14H/b13-6+. The molecule has 0 atom stereocenters. The molecule has 134 valence electrons. The minimum absolute atomic E-state index is 0.0114. The van der Waals surface area contributed by atoms with Gasteiger partial charge < -0.3 is 9.47 Å². The molecule has 7 nitrogen and oxygen atoms in total. The van der Waals surface area contributed by atoms with Crippen LogP contribution in [-0.2, 0) is 4.79 Å². The van der Waals surface area contributed by atoms with Crippen molar-refractivity contribution in [2.75, 3.05) is 0 Å². The maximum Gasteiger partial charge on any atom is 0.336 e. The third-order valence-corrected chi connectivity index (χ3v) is 3.42. The molecule has 27 heavy (non-hydrogen) atoms. The fourth-order valence-corrected chi connectivity index (χ4v) is 2.13. The summed E-state index contributed by atoms with van der Waals surface area (Å²) in [6.45, 7) is 0. The van der Waals surface area contributed by atoms with Crippen molar-refractivity contribution in [1.82, 2.24) is 4.98 Å². The van der Waals surface area contributed by atoms with Gasteiger partial charge in [-0.1, -0.05) is 6.07 Å². The Bertz CT molecular complexity index is 952. The minimum atomic E-state index is -0.563. The molecule has 0 N–H and O–H groups in total. The maximum absolute atomic E-state index is 11.9. The lowest BCUT2D eigenvalue weighted by Crippen LogP contribution is -2.03. The van der Waals surface area contributed by atoms with Gasteiger partial charge in [-0.2, -0.15) is 0 Å². The number of rotatable bonds is 6. The molecule has 1 heterocycles. The Labute approximate surface area is 154 Å². The van der Waals surface area contributed by atoms with Gasteiger partial charge in [-0.25, -0.2) is 9.78 Å². The van der Waals surface area contributed by atoms with E-state index in [9.17, 15) is 14.9 Å². The number of ether oxygens (including phenoxy) is 2. The van der Waals surface area contributed by atoms with Gasteiger partial charge in [-0.05, 0) is 54.1 Å². The van der Waals surface area contributed by atoms with Crippen LogP contribution in [0.15, 0.2) is 79.0 Å². The highest BCUT2D eigenvalue weighted by atomic mass is 16.6. The van der Waals surface area contributed by atoms with Gasteiger partial charge in [0.25, 0.3) is 5.69 Å². The molecule has 0 fully saturated rings. The number of benzene rings is 2. The Morgan fingerprint density at radius 3 is 2.30 bits per heavy atom. The Morgan fingerprint density at radius 1 is 0.963 bits per heavy atom. The normalized spacial score (nSPS) is 10.5. The van der Waals surface area contributed by atoms with E-state index < -0.39 is 10.9 Å². The van der Waals surface area contributed by atoms with Gasteiger partial charge in [0.2, 0.25) is 5.88 Å². The second kappa shape index (κ2) is 8.39. The van der Waals surface area contributed by atoms with Crippen LogP contribution in [0.25, 0.3) is 6.08 Å². The number of carbonyl (C=O) groups excluding carboxylic acids is 1. The van der Waals surface area contributed by atoms with E-state index >= 15 is 0 Å². The molecule has 0 saturated heterocycles. The average Bonchev–Trinajstić information content (AvgIpc) is 2.69. The van der Waals surface area contributed by atoms with Crippen LogP contribution in [0.3, 0.4) is 0 Å². The van der Waals surface area contributed by atoms with E-state index in [1.165, 1.54) is 24.3 Å². The van der Waals surface area contributed by atoms with E-state index in [0.29, 0.717) is 22.9 Å². The number of hydrogen-bond donors (Lipinski definition) is 0. The smallest absolute Gasteiger partial charge is 0.336 e. The predicted octanol–water partition coefficient (Wildman–Crippen LogP) is 4.40. The first-order valence-electron chi connectivity index (χ1n) is 7.93. The van der Waals surface area contributed by atoms with Crippen molar-refractivity contribution in [1.29, 1.82) is 0 Å². The van der Waals surface area contributed by atoms with Crippen molar-refractivity contribution >= 4 is 17.7 Å². The van der Waals surface area contributed by atoms with Gasteiger partial charge >= 0.3 is 5.97 Å². The quantitative estimate of drug-likeness (QED) is 0.212. The van der Waals surface area contributed by atoms with Crippen LogP contribution in [0, 0.1) is 10.1 Å². The predicted molar refractivity (Wildman–Crippen MR) is 98.5 cm³/mol. The van der Waals surface area contributed by atoms with Crippen LogP contribution in [0.1, 0.15) is 5.56 Å². The van der Waals surface area contributed by atoms with Crippen molar-refractivity contribution in [2.24, 2.45) is 0 Å². The molecule has 0 saturated carbocycles. The van der Waals surface area contributed by atoms with Gasteiger partial charge in [0.1, 0.15) is 11.5 Å². The van der Waals surface area contributed by atoms with Crippen molar-refractivity contribution in [3.8, 4) is 17.4 Å². The van der Waals surface area contributed by atoms with Gasteiger partial charge in [0.15, 0.2) is 0 Å². The van der Waals surface area contributed by atoms with Crippen LogP contribution in [0.4, 0.5) is 5.69 Å². The van der Waals surface area contributed by atoms with Crippen LogP contribution in [0.5, 0.6) is 17.4 Å². The fourth-order valence-electron chi connectivity index (χ4n) is 2.13. The summed E-state index contributed by atoms with van der Waals surface area (Å²) in [6, 6.07) is 17.7. The van der Waals surface area contributed by atoms with Gasteiger partial charge in [-0.15, -0.1) is 0 Å². The van der Waals surface area contributed by atoms with Crippen LogP contribution in [-0.4, -0.2) is 15.9 Å². The first-order chi connectivity index (χ1) is 13.1. The minimum Gasteiger partial charge on any atom is -0.439 e. The summed E-state index contributed by atoms with van der Waals surface area (Å²) in [7, 11) is 0. The molecule has 0 spiro atoms. The number of pyridine rings is 1. The van der Waals surface area contributed by atoms with Gasteiger partial charge in [-0.3, -0.25) is 10.1 Å². The van der Waals surface area contributed by atoms with E-state index in [-0.39, 0.29) is 5.69 Å². The van der Waals surface area contributed by atoms with Crippen LogP contribution < -0.4 is 9.47 Å². The monoisotopic (exact) mass is 362 g/mol. The summed E-state index contributed by atoms with van der Waals surface area (Å²) in [6.07, 6.45) is 4.40. The van der Waals surface area contributed by atoms with Crippen molar-refractivity contribution in [3.05, 3.63) is 94.7 Å². The highest BCUT2D eigenvalue weighted by Crippen LogP contribution is 2.22. The lowest BCUT2D eigenvalue weighted by molar-refractivity contribution is -0.384. The second-order valence-electron chi connectivity index (χ2n) is 5.34. The third-order valence-electron chi connectivity index (χ3n) is 3.42. The summed E-state index contributed by atoms with van der Waals surface area (Å²) >= 11 is 0. The molecule has 0 aliphatic carbocycles. The molecular formula is C20H14N2O5. The first-order valence-corrected chi connectivity index (χ1v) is 7.93. The van der Waals surface area contributed by atoms with E-state index in [4.69, 9.17) is 9.47 Å². The first kappa shape index (κ1) is 17.8. The Kier molecular flexibility index (Phi) is 5.54. The number of hydrogen-bond acceptors (Lipinski definition) is 6. The topological polar surface area (TPSA) is 91.6 Å². The maximum atomic E-state index is 11.9. The molecule has 7 heteroatoms. The molecule has 0 amide bonds. The van der Waals surface area contributed by atoms with E-state index in [1.54, 1.807) is 54.7 Å². The van der Waals surface area contributed by atoms with Crippen molar-refractivity contribution in [2.45, 2.75) is 0 Å². The van der Waals surface area contributed by atoms with Crippen molar-refractivity contribution < 1.29 is 19.2 Å². The Morgan fingerprint density at radius 2 is 1.67 bits per heavy atom. The lowest BCUT2D eigenvalue weighted by atomic mass is 10.2. The number of aromatic nitrogens is 1. The summed E-state index contributed by atoms with van der Waals surface area (Å²) in [4.78, 5) is 26.1. The summed E-state index contributed by atoms with van der Waals surface area (Å²) in [5.74, 6) is 0.830. The zero-order valence-corrected chi connectivity index (χ0v) is 14.0. The molecule has 3 rings (SSSR count). The number of carbonyl (C=O) groups is 1. The molecule has 1 aromatic heterocycles. The molecule has 0 radical (unpaired) electrons. The average molecular weight is 362 g/mol. The zero-order valence-electron chi connectivity index (χ0n) is 14.0.